The molecule has 0 bridgehead atoms. The average Bonchev–Trinajstić information content (AvgIpc) is 3.09. The number of anilines is 1. The summed E-state index contributed by atoms with van der Waals surface area (Å²) in [4.78, 5) is 16.6. The largest absolute Gasteiger partial charge is 0.316 e. The van der Waals surface area contributed by atoms with Crippen molar-refractivity contribution in [2.24, 2.45) is 5.92 Å². The van der Waals surface area contributed by atoms with Gasteiger partial charge in [0.1, 0.15) is 0 Å². The lowest BCUT2D eigenvalue weighted by Crippen LogP contribution is -2.24. The Balaban J connectivity index is 0.00000176. The minimum absolute atomic E-state index is 0. The van der Waals surface area contributed by atoms with Gasteiger partial charge in [0.05, 0.1) is 11.6 Å². The molecule has 0 radical (unpaired) electrons. The van der Waals surface area contributed by atoms with Crippen LogP contribution in [0.2, 0.25) is 0 Å². The number of thiazole rings is 1. The van der Waals surface area contributed by atoms with E-state index in [0.717, 1.165) is 30.8 Å². The lowest BCUT2D eigenvalue weighted by Gasteiger charge is -2.07. The summed E-state index contributed by atoms with van der Waals surface area (Å²) >= 11 is 1.48. The van der Waals surface area contributed by atoms with Crippen LogP contribution in [-0.4, -0.2) is 24.0 Å². The highest BCUT2D eigenvalue weighted by molar-refractivity contribution is 7.14. The second kappa shape index (κ2) is 7.22. The molecule has 1 aliphatic rings. The molecule has 0 spiro atoms. The monoisotopic (exact) mass is 337 g/mol. The van der Waals surface area contributed by atoms with E-state index in [0.29, 0.717) is 5.13 Å². The molecule has 6 heteroatoms. The van der Waals surface area contributed by atoms with Crippen molar-refractivity contribution >= 4 is 34.8 Å². The first-order chi connectivity index (χ1) is 10.1. The van der Waals surface area contributed by atoms with Gasteiger partial charge in [-0.25, -0.2) is 4.98 Å². The van der Waals surface area contributed by atoms with Crippen LogP contribution in [0.25, 0.3) is 11.3 Å². The number of hydrogen-bond acceptors (Lipinski definition) is 4. The molecule has 1 amide bonds. The predicted molar refractivity (Wildman–Crippen MR) is 93.9 cm³/mol. The van der Waals surface area contributed by atoms with Gasteiger partial charge in [-0.2, -0.15) is 0 Å². The van der Waals surface area contributed by atoms with Crippen LogP contribution in [-0.2, 0) is 4.79 Å². The summed E-state index contributed by atoms with van der Waals surface area (Å²) in [6.45, 7) is 5.86. The lowest BCUT2D eigenvalue weighted by atomic mass is 10.0. The van der Waals surface area contributed by atoms with Gasteiger partial charge in [-0.15, -0.1) is 23.7 Å². The minimum atomic E-state index is 0. The molecule has 0 aliphatic carbocycles. The van der Waals surface area contributed by atoms with Gasteiger partial charge < -0.3 is 10.6 Å². The third-order valence-electron chi connectivity index (χ3n) is 3.82. The first-order valence-corrected chi connectivity index (χ1v) is 8.06. The second-order valence-corrected chi connectivity index (χ2v) is 6.39. The Morgan fingerprint density at radius 2 is 2.23 bits per heavy atom. The Bertz CT molecular complexity index is 665. The number of nitrogens with zero attached hydrogens (tertiary/aromatic N) is 1. The van der Waals surface area contributed by atoms with E-state index in [-0.39, 0.29) is 24.2 Å². The molecule has 1 unspecified atom stereocenters. The molecular formula is C16H20ClN3OS. The fourth-order valence-corrected chi connectivity index (χ4v) is 3.36. The molecule has 22 heavy (non-hydrogen) atoms. The quantitative estimate of drug-likeness (QED) is 0.902. The maximum Gasteiger partial charge on any atom is 0.230 e. The number of halogens is 1. The van der Waals surface area contributed by atoms with Crippen molar-refractivity contribution in [3.05, 3.63) is 34.7 Å². The average molecular weight is 338 g/mol. The summed E-state index contributed by atoms with van der Waals surface area (Å²) in [5.41, 5.74) is 4.50. The van der Waals surface area contributed by atoms with Gasteiger partial charge in [0.25, 0.3) is 0 Å². The fraction of sp³-hybridized carbons (Fsp3) is 0.375. The van der Waals surface area contributed by atoms with Crippen molar-refractivity contribution in [3.8, 4) is 11.3 Å². The van der Waals surface area contributed by atoms with Gasteiger partial charge >= 0.3 is 0 Å². The Kier molecular flexibility index (Phi) is 5.56. The van der Waals surface area contributed by atoms with E-state index < -0.39 is 0 Å². The first kappa shape index (κ1) is 16.9. The number of hydrogen-bond donors (Lipinski definition) is 2. The topological polar surface area (TPSA) is 54.0 Å². The van der Waals surface area contributed by atoms with E-state index >= 15 is 0 Å². The van der Waals surface area contributed by atoms with Gasteiger partial charge in [0, 0.05) is 17.5 Å². The summed E-state index contributed by atoms with van der Waals surface area (Å²) in [6.07, 6.45) is 0.904. The third kappa shape index (κ3) is 3.66. The van der Waals surface area contributed by atoms with Crippen molar-refractivity contribution in [3.63, 3.8) is 0 Å². The zero-order chi connectivity index (χ0) is 14.8. The maximum atomic E-state index is 12.1. The van der Waals surface area contributed by atoms with Crippen LogP contribution in [0.1, 0.15) is 17.5 Å². The summed E-state index contributed by atoms with van der Waals surface area (Å²) in [6, 6.07) is 6.33. The molecule has 1 saturated heterocycles. The van der Waals surface area contributed by atoms with Crippen molar-refractivity contribution in [1.29, 1.82) is 0 Å². The fourth-order valence-electron chi connectivity index (χ4n) is 2.64. The Morgan fingerprint density at radius 1 is 1.41 bits per heavy atom. The molecule has 1 aromatic carbocycles. The lowest BCUT2D eigenvalue weighted by molar-refractivity contribution is -0.119. The number of carbonyl (C=O) groups is 1. The van der Waals surface area contributed by atoms with E-state index in [1.807, 2.05) is 5.38 Å². The molecule has 2 aromatic rings. The second-order valence-electron chi connectivity index (χ2n) is 5.54. The van der Waals surface area contributed by atoms with E-state index in [1.54, 1.807) is 0 Å². The molecular weight excluding hydrogens is 318 g/mol. The van der Waals surface area contributed by atoms with Crippen LogP contribution >= 0.6 is 23.7 Å². The number of rotatable bonds is 3. The van der Waals surface area contributed by atoms with E-state index in [9.17, 15) is 4.79 Å². The number of aryl methyl sites for hydroxylation is 2. The molecule has 2 heterocycles. The molecule has 3 rings (SSSR count). The standard InChI is InChI=1S/C16H19N3OS.ClH/c1-10-3-4-13(11(2)7-10)14-9-21-16(18-14)19-15(20)12-5-6-17-8-12;/h3-4,7,9,12,17H,5-6,8H2,1-2H3,(H,18,19,20);1H. The summed E-state index contributed by atoms with van der Waals surface area (Å²) in [5, 5.41) is 8.82. The number of carbonyl (C=O) groups excluding carboxylic acids is 1. The number of aromatic nitrogens is 1. The van der Waals surface area contributed by atoms with Gasteiger partial charge in [-0.05, 0) is 32.4 Å². The van der Waals surface area contributed by atoms with Crippen molar-refractivity contribution in [2.45, 2.75) is 20.3 Å². The van der Waals surface area contributed by atoms with E-state index in [4.69, 9.17) is 0 Å². The smallest absolute Gasteiger partial charge is 0.230 e. The zero-order valence-electron chi connectivity index (χ0n) is 12.7. The normalized spacial score (nSPS) is 17.1. The number of nitrogens with one attached hydrogen (secondary N) is 2. The highest BCUT2D eigenvalue weighted by Gasteiger charge is 2.23. The van der Waals surface area contributed by atoms with Crippen molar-refractivity contribution < 1.29 is 4.79 Å². The van der Waals surface area contributed by atoms with Crippen LogP contribution in [0.15, 0.2) is 23.6 Å². The maximum absolute atomic E-state index is 12.1. The Labute approximate surface area is 140 Å². The molecule has 1 aliphatic heterocycles. The Hall–Kier alpha value is -1.43. The SMILES string of the molecule is Cc1ccc(-c2csc(NC(=O)C3CCNC3)n2)c(C)c1.Cl. The molecule has 1 atom stereocenters. The predicted octanol–water partition coefficient (Wildman–Crippen LogP) is 3.40. The van der Waals surface area contributed by atoms with E-state index in [2.05, 4.69) is 47.7 Å². The molecule has 4 nitrogen and oxygen atoms in total. The molecule has 1 aromatic heterocycles. The number of benzene rings is 1. The van der Waals surface area contributed by atoms with Gasteiger partial charge in [-0.1, -0.05) is 23.8 Å². The first-order valence-electron chi connectivity index (χ1n) is 7.18. The zero-order valence-corrected chi connectivity index (χ0v) is 14.3. The summed E-state index contributed by atoms with van der Waals surface area (Å²) in [5.74, 6) is 0.139. The van der Waals surface area contributed by atoms with Crippen molar-refractivity contribution in [1.82, 2.24) is 10.3 Å². The molecule has 118 valence electrons. The van der Waals surface area contributed by atoms with Crippen molar-refractivity contribution in [2.75, 3.05) is 18.4 Å². The molecule has 1 fully saturated rings. The van der Waals surface area contributed by atoms with Gasteiger partial charge in [0.15, 0.2) is 5.13 Å². The van der Waals surface area contributed by atoms with Gasteiger partial charge in [-0.3, -0.25) is 4.79 Å². The van der Waals surface area contributed by atoms with Crippen LogP contribution in [0.4, 0.5) is 5.13 Å². The minimum Gasteiger partial charge on any atom is -0.316 e. The van der Waals surface area contributed by atoms with Crippen LogP contribution in [0.3, 0.4) is 0 Å². The van der Waals surface area contributed by atoms with Crippen LogP contribution in [0, 0.1) is 19.8 Å². The third-order valence-corrected chi connectivity index (χ3v) is 4.58. The highest BCUT2D eigenvalue weighted by atomic mass is 35.5. The summed E-state index contributed by atoms with van der Waals surface area (Å²) in [7, 11) is 0. The van der Waals surface area contributed by atoms with Crippen LogP contribution < -0.4 is 10.6 Å². The molecule has 0 saturated carbocycles. The summed E-state index contributed by atoms with van der Waals surface area (Å²) < 4.78 is 0. The number of amides is 1. The Morgan fingerprint density at radius 3 is 2.91 bits per heavy atom. The van der Waals surface area contributed by atoms with Crippen LogP contribution in [0.5, 0.6) is 0 Å². The van der Waals surface area contributed by atoms with E-state index in [1.165, 1.54) is 22.5 Å². The highest BCUT2D eigenvalue weighted by Crippen LogP contribution is 2.28. The molecule has 2 N–H and O–H groups in total. The van der Waals surface area contributed by atoms with Gasteiger partial charge in [0.2, 0.25) is 5.91 Å².